The predicted octanol–water partition coefficient (Wildman–Crippen LogP) is 3.87. The van der Waals surface area contributed by atoms with Gasteiger partial charge in [-0.2, -0.15) is 0 Å². The smallest absolute Gasteiger partial charge is 0.262 e. The molecule has 0 fully saturated rings. The number of carbonyl (C=O) groups excluding carboxylic acids is 2. The Morgan fingerprint density at radius 2 is 1.79 bits per heavy atom. The van der Waals surface area contributed by atoms with Gasteiger partial charge in [0.05, 0.1) is 11.7 Å². The Labute approximate surface area is 199 Å². The molecule has 0 aliphatic carbocycles. The molecular weight excluding hydrogens is 455 g/mol. The third-order valence-electron chi connectivity index (χ3n) is 5.51. The summed E-state index contributed by atoms with van der Waals surface area (Å²) in [6.07, 6.45) is 1.40. The Hall–Kier alpha value is -3.85. The Kier molecular flexibility index (Phi) is 6.83. The highest BCUT2D eigenvalue weighted by Crippen LogP contribution is 2.30. The van der Waals surface area contributed by atoms with E-state index in [1.165, 1.54) is 51.4 Å². The van der Waals surface area contributed by atoms with Gasteiger partial charge in [0.25, 0.3) is 5.56 Å². The standard InChI is InChI=1S/C25H23FN4O3S/c1-16-2-4-17(5-3-16)20-14-34-24-23(20)25(33)29(15-28-24)12-11-22(32)30(13-10-21(27)31)19-8-6-18(26)7-9-19/h2-9,14-15H,10-13H2,1H3,(H2,27,31). The number of fused-ring (bicyclic) bond motifs is 1. The number of aryl methyl sites for hydroxylation is 2. The number of anilines is 1. The van der Waals surface area contributed by atoms with E-state index in [-0.39, 0.29) is 37.4 Å². The minimum Gasteiger partial charge on any atom is -0.370 e. The lowest BCUT2D eigenvalue weighted by Crippen LogP contribution is -2.35. The monoisotopic (exact) mass is 478 g/mol. The van der Waals surface area contributed by atoms with Crippen LogP contribution in [0.15, 0.2) is 65.0 Å². The average molecular weight is 479 g/mol. The lowest BCUT2D eigenvalue weighted by Gasteiger charge is -2.22. The summed E-state index contributed by atoms with van der Waals surface area (Å²) in [4.78, 5) is 44.0. The molecular formula is C25H23FN4O3S. The first-order chi connectivity index (χ1) is 16.3. The molecule has 2 aromatic carbocycles. The summed E-state index contributed by atoms with van der Waals surface area (Å²) in [5.74, 6) is -1.30. The van der Waals surface area contributed by atoms with Crippen LogP contribution in [0.1, 0.15) is 18.4 Å². The van der Waals surface area contributed by atoms with Crippen molar-refractivity contribution in [1.29, 1.82) is 0 Å². The summed E-state index contributed by atoms with van der Waals surface area (Å²) >= 11 is 1.40. The Morgan fingerprint density at radius 3 is 2.47 bits per heavy atom. The van der Waals surface area contributed by atoms with Gasteiger partial charge < -0.3 is 10.6 Å². The molecule has 34 heavy (non-hydrogen) atoms. The van der Waals surface area contributed by atoms with Gasteiger partial charge in [0.2, 0.25) is 11.8 Å². The molecule has 0 atom stereocenters. The minimum absolute atomic E-state index is 0.00671. The Morgan fingerprint density at radius 1 is 1.09 bits per heavy atom. The highest BCUT2D eigenvalue weighted by Gasteiger charge is 2.18. The van der Waals surface area contributed by atoms with Gasteiger partial charge in [-0.3, -0.25) is 19.0 Å². The fourth-order valence-corrected chi connectivity index (χ4v) is 4.57. The van der Waals surface area contributed by atoms with Crippen LogP contribution in [0.25, 0.3) is 21.3 Å². The van der Waals surface area contributed by atoms with E-state index < -0.39 is 11.7 Å². The van der Waals surface area contributed by atoms with Crippen molar-refractivity contribution < 1.29 is 14.0 Å². The second kappa shape index (κ2) is 9.96. The second-order valence-electron chi connectivity index (χ2n) is 7.93. The van der Waals surface area contributed by atoms with Gasteiger partial charge in [0.1, 0.15) is 10.6 Å². The van der Waals surface area contributed by atoms with E-state index in [9.17, 15) is 18.8 Å². The second-order valence-corrected chi connectivity index (χ2v) is 8.78. The van der Waals surface area contributed by atoms with E-state index in [1.54, 1.807) is 0 Å². The van der Waals surface area contributed by atoms with Crippen molar-refractivity contribution >= 4 is 39.1 Å². The summed E-state index contributed by atoms with van der Waals surface area (Å²) in [7, 11) is 0. The topological polar surface area (TPSA) is 98.3 Å². The Bertz CT molecular complexity index is 1390. The third kappa shape index (κ3) is 5.04. The first-order valence-corrected chi connectivity index (χ1v) is 11.6. The molecule has 0 saturated carbocycles. The normalized spacial score (nSPS) is 11.0. The zero-order valence-electron chi connectivity index (χ0n) is 18.5. The summed E-state index contributed by atoms with van der Waals surface area (Å²) in [5.41, 5.74) is 8.35. The van der Waals surface area contributed by atoms with Crippen LogP contribution < -0.4 is 16.2 Å². The number of hydrogen-bond donors (Lipinski definition) is 1. The van der Waals surface area contributed by atoms with Crippen molar-refractivity contribution in [2.24, 2.45) is 5.73 Å². The molecule has 0 saturated heterocycles. The van der Waals surface area contributed by atoms with Crippen LogP contribution in [0.4, 0.5) is 10.1 Å². The van der Waals surface area contributed by atoms with Crippen molar-refractivity contribution in [3.05, 3.63) is 82.0 Å². The summed E-state index contributed by atoms with van der Waals surface area (Å²) in [5, 5.41) is 2.44. The van der Waals surface area contributed by atoms with Crippen molar-refractivity contribution in [3.63, 3.8) is 0 Å². The van der Waals surface area contributed by atoms with E-state index >= 15 is 0 Å². The van der Waals surface area contributed by atoms with Crippen LogP contribution in [-0.2, 0) is 16.1 Å². The molecule has 174 valence electrons. The van der Waals surface area contributed by atoms with Gasteiger partial charge in [-0.25, -0.2) is 9.37 Å². The van der Waals surface area contributed by atoms with Gasteiger partial charge in [0, 0.05) is 42.6 Å². The number of amides is 2. The highest BCUT2D eigenvalue weighted by molar-refractivity contribution is 7.17. The number of nitrogens with two attached hydrogens (primary N) is 1. The van der Waals surface area contributed by atoms with Crippen molar-refractivity contribution in [2.75, 3.05) is 11.4 Å². The molecule has 0 radical (unpaired) electrons. The van der Waals surface area contributed by atoms with Crippen molar-refractivity contribution in [2.45, 2.75) is 26.3 Å². The molecule has 2 heterocycles. The molecule has 0 aliphatic heterocycles. The molecule has 2 amide bonds. The van der Waals surface area contributed by atoms with E-state index in [0.717, 1.165) is 16.7 Å². The van der Waals surface area contributed by atoms with Gasteiger partial charge >= 0.3 is 0 Å². The minimum atomic E-state index is -0.549. The van der Waals surface area contributed by atoms with E-state index in [4.69, 9.17) is 5.73 Å². The van der Waals surface area contributed by atoms with E-state index in [1.807, 2.05) is 36.6 Å². The van der Waals surface area contributed by atoms with E-state index in [2.05, 4.69) is 4.98 Å². The molecule has 4 rings (SSSR count). The van der Waals surface area contributed by atoms with Crippen LogP contribution in [0, 0.1) is 12.7 Å². The van der Waals surface area contributed by atoms with Gasteiger partial charge in [-0.05, 0) is 36.8 Å². The number of halogens is 1. The largest absolute Gasteiger partial charge is 0.370 e. The number of aromatic nitrogens is 2. The number of rotatable bonds is 8. The third-order valence-corrected chi connectivity index (χ3v) is 6.40. The SMILES string of the molecule is Cc1ccc(-c2csc3ncn(CCC(=O)N(CCC(N)=O)c4ccc(F)cc4)c(=O)c23)cc1. The number of thiophene rings is 1. The molecule has 4 aromatic rings. The molecule has 0 bridgehead atoms. The number of hydrogen-bond acceptors (Lipinski definition) is 5. The molecule has 9 heteroatoms. The van der Waals surface area contributed by atoms with Gasteiger partial charge in [0.15, 0.2) is 0 Å². The maximum absolute atomic E-state index is 13.3. The Balaban J connectivity index is 1.58. The molecule has 0 spiro atoms. The molecule has 2 N–H and O–H groups in total. The maximum atomic E-state index is 13.3. The fraction of sp³-hybridized carbons (Fsp3) is 0.200. The number of benzene rings is 2. The fourth-order valence-electron chi connectivity index (χ4n) is 3.66. The first kappa shape index (κ1) is 23.3. The van der Waals surface area contributed by atoms with Crippen LogP contribution in [0.5, 0.6) is 0 Å². The molecule has 2 aromatic heterocycles. The summed E-state index contributed by atoms with van der Waals surface area (Å²) in [6, 6.07) is 13.3. The van der Waals surface area contributed by atoms with Gasteiger partial charge in [-0.15, -0.1) is 11.3 Å². The maximum Gasteiger partial charge on any atom is 0.262 e. The summed E-state index contributed by atoms with van der Waals surface area (Å²) in [6.45, 7) is 2.17. The number of carbonyl (C=O) groups is 2. The van der Waals surface area contributed by atoms with Crippen LogP contribution >= 0.6 is 11.3 Å². The number of nitrogens with zero attached hydrogens (tertiary/aromatic N) is 3. The lowest BCUT2D eigenvalue weighted by molar-refractivity contribution is -0.119. The molecule has 0 unspecified atom stereocenters. The predicted molar refractivity (Wildman–Crippen MR) is 131 cm³/mol. The molecule has 7 nitrogen and oxygen atoms in total. The van der Waals surface area contributed by atoms with Crippen molar-refractivity contribution in [3.8, 4) is 11.1 Å². The van der Waals surface area contributed by atoms with Crippen molar-refractivity contribution in [1.82, 2.24) is 9.55 Å². The molecule has 0 aliphatic rings. The lowest BCUT2D eigenvalue weighted by atomic mass is 10.1. The average Bonchev–Trinajstić information content (AvgIpc) is 3.25. The quantitative estimate of drug-likeness (QED) is 0.416. The zero-order chi connectivity index (χ0) is 24.2. The number of primary amides is 1. The first-order valence-electron chi connectivity index (χ1n) is 10.7. The summed E-state index contributed by atoms with van der Waals surface area (Å²) < 4.78 is 14.8. The van der Waals surface area contributed by atoms with E-state index in [0.29, 0.717) is 15.9 Å². The van der Waals surface area contributed by atoms with Crippen LogP contribution in [-0.4, -0.2) is 27.9 Å². The van der Waals surface area contributed by atoms with Gasteiger partial charge in [-0.1, -0.05) is 29.8 Å². The zero-order valence-corrected chi connectivity index (χ0v) is 19.3. The van der Waals surface area contributed by atoms with Crippen LogP contribution in [0.3, 0.4) is 0 Å². The highest BCUT2D eigenvalue weighted by atomic mass is 32.1. The van der Waals surface area contributed by atoms with Crippen LogP contribution in [0.2, 0.25) is 0 Å².